The van der Waals surface area contributed by atoms with Gasteiger partial charge in [0.15, 0.2) is 0 Å². The molecule has 2 amide bonds. The fourth-order valence-electron chi connectivity index (χ4n) is 8.54. The molecule has 2 fully saturated rings. The first-order chi connectivity index (χ1) is 28.0. The van der Waals surface area contributed by atoms with Crippen LogP contribution in [0, 0.1) is 5.92 Å². The summed E-state index contributed by atoms with van der Waals surface area (Å²) in [6.07, 6.45) is 9.00. The molecule has 1 saturated heterocycles. The highest BCUT2D eigenvalue weighted by Crippen LogP contribution is 2.41. The summed E-state index contributed by atoms with van der Waals surface area (Å²) < 4.78 is 16.6. The van der Waals surface area contributed by atoms with Crippen molar-refractivity contribution in [1.82, 2.24) is 30.0 Å². The van der Waals surface area contributed by atoms with Crippen molar-refractivity contribution in [2.45, 2.75) is 69.4 Å². The largest absolute Gasteiger partial charge is 0.496 e. The van der Waals surface area contributed by atoms with Crippen LogP contribution in [0.1, 0.15) is 55.2 Å². The van der Waals surface area contributed by atoms with Gasteiger partial charge >= 0.3 is 0 Å². The summed E-state index contributed by atoms with van der Waals surface area (Å²) in [7, 11) is 6.41. The molecule has 1 atom stereocenters. The maximum Gasteiger partial charge on any atom is 0.232 e. The second kappa shape index (κ2) is 18.5. The molecular weight excluding hydrogens is 808 g/mol. The molecule has 58 heavy (non-hydrogen) atoms. The molecule has 2 aliphatic rings. The third-order valence-corrected chi connectivity index (χ3v) is 14.1. The summed E-state index contributed by atoms with van der Waals surface area (Å²) >= 11 is 15.6. The van der Waals surface area contributed by atoms with E-state index in [9.17, 15) is 9.59 Å². The van der Waals surface area contributed by atoms with Crippen LogP contribution in [0.4, 0.5) is 0 Å². The van der Waals surface area contributed by atoms with Crippen LogP contribution in [0.3, 0.4) is 0 Å². The number of hydrogen-bond acceptors (Lipinski definition) is 8. The van der Waals surface area contributed by atoms with Gasteiger partial charge in [-0.25, -0.2) is 0 Å². The number of nitrogens with one attached hydrogen (secondary N) is 3. The van der Waals surface area contributed by atoms with Gasteiger partial charge in [-0.05, 0) is 80.1 Å². The summed E-state index contributed by atoms with van der Waals surface area (Å²) in [5.74, 6) is 1.93. The number of carbonyl (C=O) groups is 2. The molecule has 3 N–H and O–H groups in total. The highest BCUT2D eigenvalue weighted by atomic mass is 35.5. The Morgan fingerprint density at radius 3 is 2.43 bits per heavy atom. The van der Waals surface area contributed by atoms with Crippen LogP contribution in [0.25, 0.3) is 33.2 Å². The topological polar surface area (TPSA) is 110 Å². The van der Waals surface area contributed by atoms with Gasteiger partial charge in [-0.2, -0.15) is 5.10 Å². The van der Waals surface area contributed by atoms with Gasteiger partial charge in [0, 0.05) is 92.3 Å². The Labute approximate surface area is 358 Å². The minimum absolute atomic E-state index is 0.0869. The van der Waals surface area contributed by atoms with Gasteiger partial charge in [0.05, 0.1) is 37.5 Å². The Hall–Kier alpha value is -4.04. The molecule has 4 aromatic carbocycles. The molecule has 0 bridgehead atoms. The molecule has 1 saturated carbocycles. The molecular formula is C44H52Cl2N6O4SSi. The number of benzene rings is 4. The first-order valence-electron chi connectivity index (χ1n) is 19.8. The van der Waals surface area contributed by atoms with Crippen molar-refractivity contribution in [1.29, 1.82) is 0 Å². The monoisotopic (exact) mass is 858 g/mol. The van der Waals surface area contributed by atoms with Gasteiger partial charge in [0.25, 0.3) is 0 Å². The number of carbonyl (C=O) groups excluding carboxylic acids is 2. The highest BCUT2D eigenvalue weighted by Gasteiger charge is 2.32. The van der Waals surface area contributed by atoms with Crippen molar-refractivity contribution in [3.63, 3.8) is 0 Å². The third-order valence-electron chi connectivity index (χ3n) is 11.8. The second-order valence-corrected chi connectivity index (χ2v) is 19.1. The first kappa shape index (κ1) is 42.1. The molecule has 1 aliphatic heterocycles. The van der Waals surface area contributed by atoms with Crippen LogP contribution in [0.15, 0.2) is 72.9 Å². The lowest BCUT2D eigenvalue weighted by Crippen LogP contribution is -2.49. The SMILES string of the molecule is COc1cc(-c2cccc(-c3cccc4c3cnn4Cc3cc(OC)c(CN(C)[C@H]4CC[C@H](C(=O)NSC)CC4)cc3Cl)c2Cl)ccc1CNC[C@]1([SiH3])CCC(=O)N1. The van der Waals surface area contributed by atoms with Crippen LogP contribution in [0.5, 0.6) is 11.5 Å². The van der Waals surface area contributed by atoms with E-state index in [1.54, 1.807) is 14.2 Å². The molecule has 0 unspecified atom stereocenters. The second-order valence-electron chi connectivity index (χ2n) is 15.8. The van der Waals surface area contributed by atoms with Gasteiger partial charge in [-0.15, -0.1) is 0 Å². The maximum absolute atomic E-state index is 12.3. The quantitative estimate of drug-likeness (QED) is 0.0751. The molecule has 0 spiro atoms. The lowest BCUT2D eigenvalue weighted by Gasteiger charge is -2.34. The van der Waals surface area contributed by atoms with Crippen LogP contribution in [-0.2, 0) is 29.2 Å². The number of amides is 2. The van der Waals surface area contributed by atoms with E-state index in [-0.39, 0.29) is 22.9 Å². The van der Waals surface area contributed by atoms with Crippen LogP contribution in [0.2, 0.25) is 10.0 Å². The van der Waals surface area contributed by atoms with Crippen molar-refractivity contribution < 1.29 is 19.1 Å². The zero-order valence-corrected chi connectivity index (χ0v) is 38.1. The van der Waals surface area contributed by atoms with Gasteiger partial charge < -0.3 is 24.8 Å². The zero-order valence-electron chi connectivity index (χ0n) is 33.8. The average Bonchev–Trinajstić information content (AvgIpc) is 3.80. The van der Waals surface area contributed by atoms with E-state index in [1.807, 2.05) is 59.6 Å². The predicted octanol–water partition coefficient (Wildman–Crippen LogP) is 7.19. The van der Waals surface area contributed by atoms with Gasteiger partial charge in [0.1, 0.15) is 11.5 Å². The van der Waals surface area contributed by atoms with Crippen molar-refractivity contribution in [3.8, 4) is 33.8 Å². The first-order valence-corrected chi connectivity index (χ1v) is 22.8. The third kappa shape index (κ3) is 9.22. The van der Waals surface area contributed by atoms with Crippen molar-refractivity contribution >= 4 is 68.1 Å². The van der Waals surface area contributed by atoms with Gasteiger partial charge in [0.2, 0.25) is 11.8 Å². The van der Waals surface area contributed by atoms with E-state index in [4.69, 9.17) is 37.8 Å². The molecule has 2 heterocycles. The van der Waals surface area contributed by atoms with Crippen LogP contribution in [-0.4, -0.2) is 82.0 Å². The number of hydrogen-bond donors (Lipinski definition) is 3. The highest BCUT2D eigenvalue weighted by molar-refractivity contribution is 7.97. The molecule has 1 aromatic heterocycles. The molecule has 306 valence electrons. The van der Waals surface area contributed by atoms with Crippen LogP contribution >= 0.6 is 35.1 Å². The Morgan fingerprint density at radius 2 is 1.71 bits per heavy atom. The molecule has 7 rings (SSSR count). The van der Waals surface area contributed by atoms with E-state index < -0.39 is 0 Å². The Kier molecular flexibility index (Phi) is 13.4. The van der Waals surface area contributed by atoms with Crippen molar-refractivity contribution in [2.24, 2.45) is 5.92 Å². The summed E-state index contributed by atoms with van der Waals surface area (Å²) in [5, 5.41) is 13.7. The van der Waals surface area contributed by atoms with E-state index in [2.05, 4.69) is 51.6 Å². The van der Waals surface area contributed by atoms with Gasteiger partial charge in [-0.3, -0.25) is 19.2 Å². The smallest absolute Gasteiger partial charge is 0.232 e. The number of halogens is 2. The minimum atomic E-state index is -0.0993. The minimum Gasteiger partial charge on any atom is -0.496 e. The van der Waals surface area contributed by atoms with Crippen LogP contribution < -0.4 is 24.8 Å². The molecule has 0 radical (unpaired) electrons. The van der Waals surface area contributed by atoms with Crippen molar-refractivity contribution in [3.05, 3.63) is 99.7 Å². The number of ether oxygens (including phenoxy) is 2. The summed E-state index contributed by atoms with van der Waals surface area (Å²) in [6.45, 7) is 2.53. The average molecular weight is 860 g/mol. The van der Waals surface area contributed by atoms with Crippen molar-refractivity contribution in [2.75, 3.05) is 34.1 Å². The number of rotatable bonds is 15. The maximum atomic E-state index is 12.3. The number of fused-ring (bicyclic) bond motifs is 1. The Bertz CT molecular complexity index is 2300. The van der Waals surface area contributed by atoms with E-state index >= 15 is 0 Å². The lowest BCUT2D eigenvalue weighted by atomic mass is 9.85. The zero-order chi connectivity index (χ0) is 41.0. The number of nitrogens with zero attached hydrogens (tertiary/aromatic N) is 3. The summed E-state index contributed by atoms with van der Waals surface area (Å²) in [5.41, 5.74) is 7.70. The fourth-order valence-corrected chi connectivity index (χ4v) is 10.3. The number of aromatic nitrogens is 2. The summed E-state index contributed by atoms with van der Waals surface area (Å²) in [6, 6.07) is 22.9. The Morgan fingerprint density at radius 1 is 0.983 bits per heavy atom. The van der Waals surface area contributed by atoms with E-state index in [0.717, 1.165) is 110 Å². The standard InChI is InChI=1S/C44H52Cl2N6O4SSi/c1-51(32-15-13-27(14-16-32)43(54)50-57-4)24-31-19-37(45)30(21-40(31)56-3)25-52-38-10-6-8-34(36(38)23-48-52)35-9-5-7-33(42(35)46)28-11-12-29(39(20-28)55-2)22-47-26-44(58)18-17-41(53)49-44/h5-12,19-21,23,27,32,47H,13-18,22,24-26H2,1-4,58H3,(H,49,53)(H,50,54)/t27-,32-,44-/m1/s1. The molecule has 5 aromatic rings. The molecule has 10 nitrogen and oxygen atoms in total. The van der Waals surface area contributed by atoms with E-state index in [1.165, 1.54) is 11.9 Å². The molecule has 1 aliphatic carbocycles. The Balaban J connectivity index is 1.07. The van der Waals surface area contributed by atoms with Gasteiger partial charge in [-0.1, -0.05) is 77.6 Å². The number of methoxy groups -OCH3 is 2. The molecule has 14 heteroatoms. The van der Waals surface area contributed by atoms with E-state index in [0.29, 0.717) is 42.1 Å². The summed E-state index contributed by atoms with van der Waals surface area (Å²) in [4.78, 5) is 26.5. The normalized spacial score (nSPS) is 19.5. The lowest BCUT2D eigenvalue weighted by molar-refractivity contribution is -0.124. The predicted molar refractivity (Wildman–Crippen MR) is 240 cm³/mol. The fraction of sp³-hybridized carbons (Fsp3) is 0.386.